The van der Waals surface area contributed by atoms with Crippen LogP contribution in [0.2, 0.25) is 0 Å². The molecule has 0 radical (unpaired) electrons. The topological polar surface area (TPSA) is 0 Å². The Morgan fingerprint density at radius 1 is 0.536 bits per heavy atom. The highest BCUT2D eigenvalue weighted by molar-refractivity contribution is 5.72. The van der Waals surface area contributed by atoms with E-state index in [-0.39, 0.29) is 0 Å². The molecule has 0 aliphatic carbocycles. The van der Waals surface area contributed by atoms with E-state index in [9.17, 15) is 8.78 Å². The Bertz CT molecular complexity index is 816. The van der Waals surface area contributed by atoms with E-state index in [1.54, 1.807) is 12.1 Å². The minimum Gasteiger partial charge on any atom is -0.203 e. The van der Waals surface area contributed by atoms with Gasteiger partial charge in [-0.25, -0.2) is 8.78 Å². The van der Waals surface area contributed by atoms with Crippen LogP contribution in [-0.2, 0) is 12.8 Å². The molecule has 0 fully saturated rings. The first kappa shape index (κ1) is 20.3. The van der Waals surface area contributed by atoms with Crippen LogP contribution in [0.15, 0.2) is 60.7 Å². The number of unbranched alkanes of at least 4 members (excludes halogenated alkanes) is 2. The summed E-state index contributed by atoms with van der Waals surface area (Å²) in [6.07, 6.45) is 6.58. The number of aryl methyl sites for hydroxylation is 2. The molecule has 0 N–H and O–H groups in total. The summed E-state index contributed by atoms with van der Waals surface area (Å²) >= 11 is 0. The van der Waals surface area contributed by atoms with Crippen LogP contribution in [0.25, 0.3) is 22.3 Å². The van der Waals surface area contributed by atoms with Crippen LogP contribution >= 0.6 is 0 Å². The monoisotopic (exact) mass is 378 g/mol. The number of rotatable bonds is 8. The minimum atomic E-state index is -0.783. The van der Waals surface area contributed by atoms with Crippen molar-refractivity contribution in [2.45, 2.75) is 52.4 Å². The maximum atomic E-state index is 14.8. The number of benzene rings is 3. The van der Waals surface area contributed by atoms with Crippen molar-refractivity contribution in [3.05, 3.63) is 83.4 Å². The van der Waals surface area contributed by atoms with E-state index in [4.69, 9.17) is 0 Å². The SMILES string of the molecule is CCCCc1ccc(-c2ccc(-c3ccc(CCCC)cc3)c(F)c2F)cc1. The van der Waals surface area contributed by atoms with Gasteiger partial charge in [-0.15, -0.1) is 0 Å². The third-order valence-electron chi connectivity index (χ3n) is 5.25. The Morgan fingerprint density at radius 3 is 1.21 bits per heavy atom. The quantitative estimate of drug-likeness (QED) is 0.373. The van der Waals surface area contributed by atoms with Crippen LogP contribution in [0.5, 0.6) is 0 Å². The summed E-state index contributed by atoms with van der Waals surface area (Å²) in [5, 5.41) is 0. The highest BCUT2D eigenvalue weighted by Gasteiger charge is 2.16. The molecular formula is C26H28F2. The van der Waals surface area contributed by atoms with Crippen molar-refractivity contribution in [3.8, 4) is 22.3 Å². The molecule has 2 heteroatoms. The Morgan fingerprint density at radius 2 is 0.893 bits per heavy atom. The second-order valence-electron chi connectivity index (χ2n) is 7.39. The van der Waals surface area contributed by atoms with E-state index >= 15 is 0 Å². The first-order valence-electron chi connectivity index (χ1n) is 10.3. The smallest absolute Gasteiger partial charge is 0.167 e. The maximum Gasteiger partial charge on any atom is 0.167 e. The molecule has 0 nitrogen and oxygen atoms in total. The van der Waals surface area contributed by atoms with Gasteiger partial charge in [0.1, 0.15) is 0 Å². The first-order chi connectivity index (χ1) is 13.6. The van der Waals surface area contributed by atoms with Crippen molar-refractivity contribution in [3.63, 3.8) is 0 Å². The fourth-order valence-electron chi connectivity index (χ4n) is 3.46. The Balaban J connectivity index is 1.84. The van der Waals surface area contributed by atoms with E-state index in [1.165, 1.54) is 11.1 Å². The normalized spacial score (nSPS) is 11.0. The van der Waals surface area contributed by atoms with E-state index in [0.717, 1.165) is 38.5 Å². The third-order valence-corrected chi connectivity index (χ3v) is 5.25. The van der Waals surface area contributed by atoms with Gasteiger partial charge in [0.2, 0.25) is 0 Å². The van der Waals surface area contributed by atoms with Crippen LogP contribution in [-0.4, -0.2) is 0 Å². The predicted molar refractivity (Wildman–Crippen MR) is 114 cm³/mol. The zero-order chi connectivity index (χ0) is 19.9. The van der Waals surface area contributed by atoms with Crippen molar-refractivity contribution in [2.24, 2.45) is 0 Å². The lowest BCUT2D eigenvalue weighted by atomic mass is 9.96. The summed E-state index contributed by atoms with van der Waals surface area (Å²) in [5.74, 6) is -1.57. The number of hydrogen-bond acceptors (Lipinski definition) is 0. The van der Waals surface area contributed by atoms with Gasteiger partial charge < -0.3 is 0 Å². The molecule has 146 valence electrons. The van der Waals surface area contributed by atoms with Gasteiger partial charge >= 0.3 is 0 Å². The largest absolute Gasteiger partial charge is 0.203 e. The van der Waals surface area contributed by atoms with Crippen molar-refractivity contribution in [1.82, 2.24) is 0 Å². The lowest BCUT2D eigenvalue weighted by molar-refractivity contribution is 0.514. The van der Waals surface area contributed by atoms with Crippen LogP contribution in [0.1, 0.15) is 50.7 Å². The maximum absolute atomic E-state index is 14.8. The Labute approximate surface area is 167 Å². The second kappa shape index (κ2) is 9.64. The summed E-state index contributed by atoms with van der Waals surface area (Å²) in [5.41, 5.74) is 4.49. The molecule has 0 amide bonds. The summed E-state index contributed by atoms with van der Waals surface area (Å²) in [4.78, 5) is 0. The van der Waals surface area contributed by atoms with E-state index in [0.29, 0.717) is 22.3 Å². The van der Waals surface area contributed by atoms with Gasteiger partial charge in [-0.3, -0.25) is 0 Å². The summed E-state index contributed by atoms with van der Waals surface area (Å²) < 4.78 is 29.6. The Kier molecular flexibility index (Phi) is 6.97. The van der Waals surface area contributed by atoms with E-state index in [2.05, 4.69) is 13.8 Å². The lowest BCUT2D eigenvalue weighted by Crippen LogP contribution is -1.95. The molecule has 0 aliphatic heterocycles. The number of halogens is 2. The fraction of sp³-hybridized carbons (Fsp3) is 0.308. The first-order valence-corrected chi connectivity index (χ1v) is 10.3. The predicted octanol–water partition coefficient (Wildman–Crippen LogP) is 7.98. The van der Waals surface area contributed by atoms with E-state index < -0.39 is 11.6 Å². The summed E-state index contributed by atoms with van der Waals surface area (Å²) in [6, 6.07) is 18.9. The molecule has 28 heavy (non-hydrogen) atoms. The lowest BCUT2D eigenvalue weighted by Gasteiger charge is -2.10. The third kappa shape index (κ3) is 4.67. The zero-order valence-electron chi connectivity index (χ0n) is 16.8. The molecule has 0 aromatic heterocycles. The molecule has 0 unspecified atom stereocenters. The number of hydrogen-bond donors (Lipinski definition) is 0. The zero-order valence-corrected chi connectivity index (χ0v) is 16.8. The molecule has 0 saturated heterocycles. The van der Waals surface area contributed by atoms with Gasteiger partial charge in [0, 0.05) is 11.1 Å². The molecule has 0 saturated carbocycles. The molecule has 0 aliphatic rings. The van der Waals surface area contributed by atoms with Gasteiger partial charge in [0.25, 0.3) is 0 Å². The van der Waals surface area contributed by atoms with Gasteiger partial charge in [-0.05, 0) is 47.9 Å². The van der Waals surface area contributed by atoms with Crippen molar-refractivity contribution in [1.29, 1.82) is 0 Å². The average molecular weight is 379 g/mol. The second-order valence-corrected chi connectivity index (χ2v) is 7.39. The molecule has 3 rings (SSSR count). The van der Waals surface area contributed by atoms with Crippen LogP contribution < -0.4 is 0 Å². The molecular weight excluding hydrogens is 350 g/mol. The summed E-state index contributed by atoms with van der Waals surface area (Å²) in [7, 11) is 0. The van der Waals surface area contributed by atoms with Crippen molar-refractivity contribution in [2.75, 3.05) is 0 Å². The van der Waals surface area contributed by atoms with Gasteiger partial charge in [-0.1, -0.05) is 87.4 Å². The molecule has 0 spiro atoms. The van der Waals surface area contributed by atoms with Gasteiger partial charge in [0.05, 0.1) is 0 Å². The van der Waals surface area contributed by atoms with Crippen molar-refractivity contribution < 1.29 is 8.78 Å². The standard InChI is InChI=1S/C26H28F2/c1-3-5-7-19-9-13-21(14-10-19)23-17-18-24(26(28)25(23)27)22-15-11-20(12-16-22)8-6-4-2/h9-18H,3-8H2,1-2H3. The molecule has 0 bridgehead atoms. The molecule has 0 atom stereocenters. The van der Waals surface area contributed by atoms with Crippen LogP contribution in [0, 0.1) is 11.6 Å². The highest BCUT2D eigenvalue weighted by Crippen LogP contribution is 2.32. The molecule has 0 heterocycles. The fourth-order valence-corrected chi connectivity index (χ4v) is 3.46. The minimum absolute atomic E-state index is 0.308. The average Bonchev–Trinajstić information content (AvgIpc) is 2.73. The Hall–Kier alpha value is -2.48. The summed E-state index contributed by atoms with van der Waals surface area (Å²) in [6.45, 7) is 4.32. The van der Waals surface area contributed by atoms with Gasteiger partial charge in [-0.2, -0.15) is 0 Å². The van der Waals surface area contributed by atoms with Crippen LogP contribution in [0.3, 0.4) is 0 Å². The van der Waals surface area contributed by atoms with E-state index in [1.807, 2.05) is 48.5 Å². The molecule has 3 aromatic carbocycles. The van der Waals surface area contributed by atoms with Gasteiger partial charge in [0.15, 0.2) is 11.6 Å². The molecule has 3 aromatic rings. The van der Waals surface area contributed by atoms with Crippen molar-refractivity contribution >= 4 is 0 Å². The van der Waals surface area contributed by atoms with Crippen LogP contribution in [0.4, 0.5) is 8.78 Å². The highest BCUT2D eigenvalue weighted by atomic mass is 19.2.